The van der Waals surface area contributed by atoms with E-state index < -0.39 is 12.1 Å². The van der Waals surface area contributed by atoms with E-state index in [9.17, 15) is 9.90 Å². The van der Waals surface area contributed by atoms with Gasteiger partial charge in [-0.15, -0.1) is 24.4 Å². The number of hydrogen-bond donors (Lipinski definition) is 2. The van der Waals surface area contributed by atoms with Crippen LogP contribution in [0.25, 0.3) is 0 Å². The highest BCUT2D eigenvalue weighted by atomic mass is 35.5. The monoisotopic (exact) mass is 244 g/mol. The number of carboxylic acid groups (broad SMARTS) is 1. The molecule has 4 heteroatoms. The van der Waals surface area contributed by atoms with Crippen LogP contribution in [0.2, 0.25) is 0 Å². The third-order valence-corrected chi connectivity index (χ3v) is 1.95. The van der Waals surface area contributed by atoms with Gasteiger partial charge in [-0.1, -0.05) is 18.2 Å². The molecule has 0 fully saturated rings. The highest BCUT2D eigenvalue weighted by Gasteiger charge is 2.12. The predicted molar refractivity (Wildman–Crippen MR) is 66.4 cm³/mol. The fraction of sp³-hybridized carbons (Fsp3) is 0.417. The lowest BCUT2D eigenvalue weighted by atomic mass is 10.0. The zero-order chi connectivity index (χ0) is 13.0. The number of halogens is 1. The predicted octanol–water partition coefficient (Wildman–Crippen LogP) is 2.20. The fourth-order valence-electron chi connectivity index (χ4n) is 1.03. The van der Waals surface area contributed by atoms with Crippen LogP contribution in [-0.4, -0.2) is 28.2 Å². The normalized spacial score (nSPS) is 12.9. The van der Waals surface area contributed by atoms with E-state index >= 15 is 0 Å². The number of hydrogen-bond acceptors (Lipinski definition) is 2. The molecule has 0 radical (unpaired) electrons. The Hall–Kier alpha value is -1.24. The zero-order valence-electron chi connectivity index (χ0n) is 9.27. The molecule has 0 amide bonds. The SMILES string of the molecule is C#C.C/C=C(\C/C=C\CCl)C(O)CC(=O)O. The number of carboxylic acids is 1. The molecule has 0 saturated carbocycles. The summed E-state index contributed by atoms with van der Waals surface area (Å²) in [5.74, 6) is -0.579. The van der Waals surface area contributed by atoms with Crippen LogP contribution in [-0.2, 0) is 4.79 Å². The number of allylic oxidation sites excluding steroid dienone is 3. The molecule has 0 rings (SSSR count). The summed E-state index contributed by atoms with van der Waals surface area (Å²) in [5.41, 5.74) is 0.703. The first-order valence-corrected chi connectivity index (χ1v) is 5.24. The smallest absolute Gasteiger partial charge is 0.306 e. The second-order valence-corrected chi connectivity index (χ2v) is 3.12. The van der Waals surface area contributed by atoms with Gasteiger partial charge in [0.1, 0.15) is 0 Å². The van der Waals surface area contributed by atoms with Crippen molar-refractivity contribution in [2.75, 3.05) is 5.88 Å². The molecule has 0 heterocycles. The lowest BCUT2D eigenvalue weighted by Crippen LogP contribution is -2.15. The Morgan fingerprint density at radius 1 is 1.44 bits per heavy atom. The van der Waals surface area contributed by atoms with Gasteiger partial charge in [0.2, 0.25) is 0 Å². The topological polar surface area (TPSA) is 57.5 Å². The minimum absolute atomic E-state index is 0.256. The number of carbonyl (C=O) groups is 1. The Morgan fingerprint density at radius 3 is 2.38 bits per heavy atom. The first-order valence-electron chi connectivity index (χ1n) is 4.71. The van der Waals surface area contributed by atoms with Crippen LogP contribution < -0.4 is 0 Å². The van der Waals surface area contributed by atoms with E-state index in [0.29, 0.717) is 17.9 Å². The molecular formula is C12H17ClO3. The van der Waals surface area contributed by atoms with Crippen LogP contribution in [0.4, 0.5) is 0 Å². The van der Waals surface area contributed by atoms with Crippen LogP contribution in [0.5, 0.6) is 0 Å². The van der Waals surface area contributed by atoms with Crippen molar-refractivity contribution < 1.29 is 15.0 Å². The third kappa shape index (κ3) is 9.32. The number of alkyl halides is 1. The Labute approximate surface area is 101 Å². The molecule has 0 aromatic rings. The van der Waals surface area contributed by atoms with Crippen LogP contribution >= 0.6 is 11.6 Å². The Kier molecular flexibility index (Phi) is 12.7. The summed E-state index contributed by atoms with van der Waals surface area (Å²) in [7, 11) is 0. The molecule has 0 aliphatic carbocycles. The Bertz CT molecular complexity index is 267. The van der Waals surface area contributed by atoms with Crippen LogP contribution in [0, 0.1) is 12.8 Å². The van der Waals surface area contributed by atoms with Crippen molar-refractivity contribution in [2.45, 2.75) is 25.9 Å². The van der Waals surface area contributed by atoms with Gasteiger partial charge in [0.15, 0.2) is 0 Å². The minimum atomic E-state index is -1.00. The molecular weight excluding hydrogens is 228 g/mol. The zero-order valence-corrected chi connectivity index (χ0v) is 10.0. The van der Waals surface area contributed by atoms with Crippen LogP contribution in [0.3, 0.4) is 0 Å². The molecule has 0 aromatic carbocycles. The molecule has 2 N–H and O–H groups in total. The number of aliphatic hydroxyl groups is 1. The largest absolute Gasteiger partial charge is 0.481 e. The van der Waals surface area contributed by atoms with Crippen molar-refractivity contribution in [3.8, 4) is 12.8 Å². The Balaban J connectivity index is 0. The molecule has 0 aliphatic rings. The van der Waals surface area contributed by atoms with Crippen molar-refractivity contribution in [3.63, 3.8) is 0 Å². The minimum Gasteiger partial charge on any atom is -0.481 e. The lowest BCUT2D eigenvalue weighted by Gasteiger charge is -2.10. The van der Waals surface area contributed by atoms with Crippen molar-refractivity contribution in [3.05, 3.63) is 23.8 Å². The van der Waals surface area contributed by atoms with E-state index in [1.165, 1.54) is 0 Å². The second kappa shape index (κ2) is 11.8. The summed E-state index contributed by atoms with van der Waals surface area (Å²) < 4.78 is 0. The van der Waals surface area contributed by atoms with E-state index in [2.05, 4.69) is 12.8 Å². The highest BCUT2D eigenvalue weighted by molar-refractivity contribution is 6.18. The highest BCUT2D eigenvalue weighted by Crippen LogP contribution is 2.11. The van der Waals surface area contributed by atoms with Gasteiger partial charge in [-0.05, 0) is 18.9 Å². The average Bonchev–Trinajstić information content (AvgIpc) is 2.26. The van der Waals surface area contributed by atoms with E-state index in [1.807, 2.05) is 6.08 Å². The van der Waals surface area contributed by atoms with Crippen molar-refractivity contribution in [1.82, 2.24) is 0 Å². The van der Waals surface area contributed by atoms with Crippen LogP contribution in [0.1, 0.15) is 19.8 Å². The third-order valence-electron chi connectivity index (χ3n) is 1.78. The van der Waals surface area contributed by atoms with Gasteiger partial charge in [-0.2, -0.15) is 0 Å². The molecule has 3 nitrogen and oxygen atoms in total. The summed E-state index contributed by atoms with van der Waals surface area (Å²) in [5, 5.41) is 17.9. The first kappa shape index (κ1) is 17.2. The molecule has 1 unspecified atom stereocenters. The average molecular weight is 245 g/mol. The van der Waals surface area contributed by atoms with Gasteiger partial charge in [0, 0.05) is 5.88 Å². The van der Waals surface area contributed by atoms with E-state index in [-0.39, 0.29) is 6.42 Å². The molecule has 0 aromatic heterocycles. The van der Waals surface area contributed by atoms with Gasteiger partial charge in [-0.25, -0.2) is 0 Å². The van der Waals surface area contributed by atoms with Gasteiger partial charge in [-0.3, -0.25) is 4.79 Å². The molecule has 90 valence electrons. The quantitative estimate of drug-likeness (QED) is 0.428. The molecule has 1 atom stereocenters. The number of rotatable bonds is 6. The van der Waals surface area contributed by atoms with Crippen molar-refractivity contribution >= 4 is 17.6 Å². The number of aliphatic hydroxyl groups excluding tert-OH is 1. The summed E-state index contributed by atoms with van der Waals surface area (Å²) in [6.07, 6.45) is 12.7. The van der Waals surface area contributed by atoms with Crippen molar-refractivity contribution in [2.24, 2.45) is 0 Å². The second-order valence-electron chi connectivity index (χ2n) is 2.81. The summed E-state index contributed by atoms with van der Waals surface area (Å²) in [4.78, 5) is 10.3. The molecule has 16 heavy (non-hydrogen) atoms. The fourth-order valence-corrected chi connectivity index (χ4v) is 1.15. The van der Waals surface area contributed by atoms with Crippen molar-refractivity contribution in [1.29, 1.82) is 0 Å². The van der Waals surface area contributed by atoms with Gasteiger partial charge in [0.05, 0.1) is 12.5 Å². The van der Waals surface area contributed by atoms with Gasteiger partial charge in [0.25, 0.3) is 0 Å². The van der Waals surface area contributed by atoms with E-state index in [1.54, 1.807) is 19.1 Å². The van der Waals surface area contributed by atoms with E-state index in [0.717, 1.165) is 0 Å². The van der Waals surface area contributed by atoms with Gasteiger partial charge < -0.3 is 10.2 Å². The molecule has 0 saturated heterocycles. The summed E-state index contributed by atoms with van der Waals surface area (Å²) in [6.45, 7) is 1.77. The standard InChI is InChI=1S/C10H15ClO3.C2H2/c1-2-8(5-3-4-6-11)9(12)7-10(13)14;1-2/h2-4,9,12H,5-7H2,1H3,(H,13,14);1-2H/b4-3-,8-2+;. The molecule has 0 bridgehead atoms. The Morgan fingerprint density at radius 2 is 2.00 bits per heavy atom. The lowest BCUT2D eigenvalue weighted by molar-refractivity contribution is -0.138. The van der Waals surface area contributed by atoms with Crippen LogP contribution in [0.15, 0.2) is 23.8 Å². The number of aliphatic carboxylic acids is 1. The first-order chi connectivity index (χ1) is 7.61. The summed E-state index contributed by atoms with van der Waals surface area (Å²) in [6, 6.07) is 0. The molecule has 0 aliphatic heterocycles. The molecule has 0 spiro atoms. The van der Waals surface area contributed by atoms with E-state index in [4.69, 9.17) is 16.7 Å². The maximum absolute atomic E-state index is 10.3. The van der Waals surface area contributed by atoms with Gasteiger partial charge >= 0.3 is 5.97 Å². The maximum atomic E-state index is 10.3. The maximum Gasteiger partial charge on any atom is 0.306 e. The summed E-state index contributed by atoms with van der Waals surface area (Å²) >= 11 is 5.43. The number of terminal acetylenes is 1.